The van der Waals surface area contributed by atoms with E-state index in [1.165, 1.54) is 11.3 Å². The molecule has 5 rings (SSSR count). The summed E-state index contributed by atoms with van der Waals surface area (Å²) < 4.78 is 30.6. The van der Waals surface area contributed by atoms with Gasteiger partial charge in [-0.3, -0.25) is 9.69 Å². The Balaban J connectivity index is 1.47. The number of hydrogen-bond acceptors (Lipinski definition) is 6. The second-order valence-corrected chi connectivity index (χ2v) is 10.1. The van der Waals surface area contributed by atoms with E-state index in [1.54, 1.807) is 4.90 Å². The highest BCUT2D eigenvalue weighted by atomic mass is 32.2. The normalized spacial score (nSPS) is 23.7. The summed E-state index contributed by atoms with van der Waals surface area (Å²) in [5.41, 5.74) is 0.771. The van der Waals surface area contributed by atoms with E-state index in [0.717, 1.165) is 16.0 Å². The first-order valence-electron chi connectivity index (χ1n) is 8.64. The first-order valence-corrected chi connectivity index (χ1v) is 11.3. The summed E-state index contributed by atoms with van der Waals surface area (Å²) in [5, 5.41) is 0.566. The van der Waals surface area contributed by atoms with Crippen LogP contribution in [0.2, 0.25) is 0 Å². The zero-order chi connectivity index (χ0) is 18.6. The minimum absolute atomic E-state index is 0.0295. The largest absolute Gasteiger partial charge is 0.457 e. The average Bonchev–Trinajstić information content (AvgIpc) is 3.24. The summed E-state index contributed by atoms with van der Waals surface area (Å²) in [4.78, 5) is 18.6. The van der Waals surface area contributed by atoms with Gasteiger partial charge in [0, 0.05) is 18.4 Å². The zero-order valence-electron chi connectivity index (χ0n) is 14.2. The molecule has 1 amide bonds. The Labute approximate surface area is 160 Å². The van der Waals surface area contributed by atoms with E-state index >= 15 is 0 Å². The van der Waals surface area contributed by atoms with Crippen molar-refractivity contribution in [3.05, 3.63) is 48.5 Å². The zero-order valence-corrected chi connectivity index (χ0v) is 15.9. The number of benzene rings is 2. The summed E-state index contributed by atoms with van der Waals surface area (Å²) in [7, 11) is -3.08. The molecular formula is C19H16N2O4S2. The van der Waals surface area contributed by atoms with Crippen LogP contribution in [0.5, 0.6) is 11.5 Å². The molecule has 0 saturated carbocycles. The molecule has 3 aromatic rings. The summed E-state index contributed by atoms with van der Waals surface area (Å²) in [6, 6.07) is 14.8. The van der Waals surface area contributed by atoms with Crippen molar-refractivity contribution in [2.45, 2.75) is 12.5 Å². The fourth-order valence-electron chi connectivity index (χ4n) is 3.82. The number of carbonyl (C=O) groups is 1. The molecule has 0 spiro atoms. The number of fused-ring (bicyclic) bond motifs is 2. The number of hydrogen-bond donors (Lipinski definition) is 0. The van der Waals surface area contributed by atoms with Crippen LogP contribution in [0.1, 0.15) is 6.42 Å². The van der Waals surface area contributed by atoms with Gasteiger partial charge in [0.05, 0.1) is 27.8 Å². The van der Waals surface area contributed by atoms with E-state index < -0.39 is 9.84 Å². The van der Waals surface area contributed by atoms with Gasteiger partial charge in [0.15, 0.2) is 15.0 Å². The Morgan fingerprint density at radius 1 is 1.07 bits per heavy atom. The molecule has 2 aliphatic rings. The van der Waals surface area contributed by atoms with Crippen molar-refractivity contribution in [2.75, 3.05) is 16.4 Å². The lowest BCUT2D eigenvalue weighted by molar-refractivity contribution is -0.117. The number of aromatic nitrogens is 1. The van der Waals surface area contributed by atoms with E-state index in [-0.39, 0.29) is 35.8 Å². The van der Waals surface area contributed by atoms with Crippen LogP contribution in [0.3, 0.4) is 0 Å². The minimum atomic E-state index is -3.08. The lowest BCUT2D eigenvalue weighted by Gasteiger charge is -2.19. The second-order valence-electron chi connectivity index (χ2n) is 6.91. The van der Waals surface area contributed by atoms with Crippen LogP contribution in [-0.2, 0) is 14.6 Å². The summed E-state index contributed by atoms with van der Waals surface area (Å²) in [6.07, 6.45) is 0.280. The van der Waals surface area contributed by atoms with Crippen molar-refractivity contribution in [3.8, 4) is 11.5 Å². The van der Waals surface area contributed by atoms with Crippen molar-refractivity contribution < 1.29 is 17.9 Å². The molecule has 2 fully saturated rings. The second kappa shape index (κ2) is 6.03. The number of amides is 1. The predicted octanol–water partition coefficient (Wildman–Crippen LogP) is 3.24. The van der Waals surface area contributed by atoms with Gasteiger partial charge >= 0.3 is 0 Å². The molecule has 27 heavy (non-hydrogen) atoms. The molecule has 2 aromatic carbocycles. The summed E-state index contributed by atoms with van der Waals surface area (Å²) in [5.74, 6) is 1.40. The van der Waals surface area contributed by atoms with Crippen molar-refractivity contribution in [3.63, 3.8) is 0 Å². The van der Waals surface area contributed by atoms with Crippen LogP contribution < -0.4 is 9.64 Å². The van der Waals surface area contributed by atoms with Gasteiger partial charge in [0.25, 0.3) is 0 Å². The third-order valence-corrected chi connectivity index (χ3v) is 7.81. The molecular weight excluding hydrogens is 384 g/mol. The number of nitrogens with zero attached hydrogens (tertiary/aromatic N) is 2. The number of para-hydroxylation sites is 1. The lowest BCUT2D eigenvalue weighted by Crippen LogP contribution is -2.36. The van der Waals surface area contributed by atoms with Gasteiger partial charge in [-0.2, -0.15) is 0 Å². The Hall–Kier alpha value is -2.45. The van der Waals surface area contributed by atoms with Crippen molar-refractivity contribution in [2.24, 2.45) is 5.92 Å². The maximum Gasteiger partial charge on any atom is 0.229 e. The summed E-state index contributed by atoms with van der Waals surface area (Å²) >= 11 is 1.39. The quantitative estimate of drug-likeness (QED) is 0.675. The molecule has 0 N–H and O–H groups in total. The van der Waals surface area contributed by atoms with Crippen LogP contribution in [0.4, 0.5) is 5.13 Å². The predicted molar refractivity (Wildman–Crippen MR) is 104 cm³/mol. The molecule has 0 unspecified atom stereocenters. The fraction of sp³-hybridized carbons (Fsp3) is 0.263. The van der Waals surface area contributed by atoms with Crippen LogP contribution >= 0.6 is 11.3 Å². The number of carbonyl (C=O) groups excluding carboxylic acids is 1. The third-order valence-electron chi connectivity index (χ3n) is 5.01. The number of thiazole rings is 1. The summed E-state index contributed by atoms with van der Waals surface area (Å²) in [6.45, 7) is 0. The Kier molecular flexibility index (Phi) is 3.73. The lowest BCUT2D eigenvalue weighted by atomic mass is 10.1. The maximum atomic E-state index is 12.5. The average molecular weight is 400 g/mol. The Morgan fingerprint density at radius 3 is 2.70 bits per heavy atom. The van der Waals surface area contributed by atoms with E-state index in [0.29, 0.717) is 10.9 Å². The highest BCUT2D eigenvalue weighted by molar-refractivity contribution is 7.91. The standard InChI is InChI=1S/C19H16N2O4S2/c22-18-8-12-10-27(23,24)11-16(12)21(18)19-20-15-7-6-14(9-17(15)26-19)25-13-4-2-1-3-5-13/h1-7,9,12,16H,8,10-11H2/t12-,16-/m0/s1. The van der Waals surface area contributed by atoms with Gasteiger partial charge in [0.1, 0.15) is 11.5 Å². The van der Waals surface area contributed by atoms with Crippen molar-refractivity contribution >= 4 is 42.4 Å². The topological polar surface area (TPSA) is 76.6 Å². The van der Waals surface area contributed by atoms with Crippen LogP contribution in [0.25, 0.3) is 10.2 Å². The SMILES string of the molecule is O=C1C[C@H]2CS(=O)(=O)C[C@@H]2N1c1nc2ccc(Oc3ccccc3)cc2s1. The van der Waals surface area contributed by atoms with Gasteiger partial charge in [-0.05, 0) is 24.3 Å². The van der Waals surface area contributed by atoms with E-state index in [2.05, 4.69) is 4.98 Å². The molecule has 0 bridgehead atoms. The van der Waals surface area contributed by atoms with Gasteiger partial charge in [0.2, 0.25) is 5.91 Å². The molecule has 3 heterocycles. The van der Waals surface area contributed by atoms with Crippen LogP contribution in [0.15, 0.2) is 48.5 Å². The molecule has 2 saturated heterocycles. The van der Waals surface area contributed by atoms with Gasteiger partial charge in [-0.15, -0.1) is 0 Å². The number of anilines is 1. The highest BCUT2D eigenvalue weighted by Gasteiger charge is 2.50. The van der Waals surface area contributed by atoms with E-state index in [9.17, 15) is 13.2 Å². The van der Waals surface area contributed by atoms with E-state index in [4.69, 9.17) is 4.74 Å². The maximum absolute atomic E-state index is 12.5. The van der Waals surface area contributed by atoms with Gasteiger partial charge in [-0.25, -0.2) is 13.4 Å². The monoisotopic (exact) mass is 400 g/mol. The van der Waals surface area contributed by atoms with Crippen LogP contribution in [-0.4, -0.2) is 36.9 Å². The highest BCUT2D eigenvalue weighted by Crippen LogP contribution is 2.40. The minimum Gasteiger partial charge on any atom is -0.457 e. The Bertz CT molecular complexity index is 1140. The third kappa shape index (κ3) is 2.98. The van der Waals surface area contributed by atoms with Crippen LogP contribution in [0, 0.1) is 5.92 Å². The molecule has 2 aliphatic heterocycles. The van der Waals surface area contributed by atoms with Gasteiger partial charge < -0.3 is 4.74 Å². The van der Waals surface area contributed by atoms with Crippen molar-refractivity contribution in [1.82, 2.24) is 4.98 Å². The first kappa shape index (κ1) is 16.7. The molecule has 0 radical (unpaired) electrons. The van der Waals surface area contributed by atoms with Crippen molar-refractivity contribution in [1.29, 1.82) is 0 Å². The molecule has 1 aromatic heterocycles. The Morgan fingerprint density at radius 2 is 1.89 bits per heavy atom. The number of ether oxygens (including phenoxy) is 1. The number of rotatable bonds is 3. The molecule has 8 heteroatoms. The molecule has 0 aliphatic carbocycles. The molecule has 6 nitrogen and oxygen atoms in total. The smallest absolute Gasteiger partial charge is 0.229 e. The van der Waals surface area contributed by atoms with Gasteiger partial charge in [-0.1, -0.05) is 29.5 Å². The fourth-order valence-corrected chi connectivity index (χ4v) is 6.96. The molecule has 138 valence electrons. The molecule has 2 atom stereocenters. The first-order chi connectivity index (χ1) is 13.0. The van der Waals surface area contributed by atoms with E-state index in [1.807, 2.05) is 48.5 Å². The number of sulfone groups is 1.